The van der Waals surface area contributed by atoms with E-state index in [-0.39, 0.29) is 17.9 Å². The molecule has 6 nitrogen and oxygen atoms in total. The van der Waals surface area contributed by atoms with E-state index in [1.165, 1.54) is 0 Å². The molecule has 2 fully saturated rings. The van der Waals surface area contributed by atoms with Crippen LogP contribution in [0.5, 0.6) is 0 Å². The zero-order valence-corrected chi connectivity index (χ0v) is 12.6. The van der Waals surface area contributed by atoms with Gasteiger partial charge in [-0.1, -0.05) is 0 Å². The van der Waals surface area contributed by atoms with Crippen LogP contribution in [0.3, 0.4) is 0 Å². The molecule has 2 heterocycles. The molecule has 2 aliphatic heterocycles. The van der Waals surface area contributed by atoms with Crippen molar-refractivity contribution in [2.75, 3.05) is 13.1 Å². The third kappa shape index (κ3) is 3.53. The molecule has 0 aliphatic carbocycles. The number of likely N-dealkylation sites (tertiary alicyclic amines) is 2. The molecular formula is C15H24N4O2. The fraction of sp³-hybridized carbons (Fsp3) is 0.800. The fourth-order valence-electron chi connectivity index (χ4n) is 3.23. The van der Waals surface area contributed by atoms with Gasteiger partial charge in [-0.2, -0.15) is 5.26 Å². The standard InChI is InChI=1S/C15H24N4O2/c1-11-4-2-8-18(11)14(20)7-6-13(17)15(21)19-9-3-5-12(19)10-16/h11-13H,2-9,17H2,1H3/t11-,12+,13?/m1/s1. The van der Waals surface area contributed by atoms with Crippen molar-refractivity contribution in [1.82, 2.24) is 9.80 Å². The summed E-state index contributed by atoms with van der Waals surface area (Å²) in [6, 6.07) is 1.41. The van der Waals surface area contributed by atoms with Gasteiger partial charge in [0.1, 0.15) is 6.04 Å². The van der Waals surface area contributed by atoms with Crippen LogP contribution in [0.1, 0.15) is 45.4 Å². The van der Waals surface area contributed by atoms with Crippen molar-refractivity contribution < 1.29 is 9.59 Å². The number of hydrogen-bond acceptors (Lipinski definition) is 4. The van der Waals surface area contributed by atoms with E-state index in [1.54, 1.807) is 4.90 Å². The summed E-state index contributed by atoms with van der Waals surface area (Å²) in [6.45, 7) is 3.46. The largest absolute Gasteiger partial charge is 0.340 e. The number of hydrogen-bond donors (Lipinski definition) is 1. The van der Waals surface area contributed by atoms with Crippen LogP contribution in [-0.2, 0) is 9.59 Å². The summed E-state index contributed by atoms with van der Waals surface area (Å²) in [5.74, 6) is -0.108. The minimum Gasteiger partial charge on any atom is -0.340 e. The van der Waals surface area contributed by atoms with E-state index >= 15 is 0 Å². The molecule has 116 valence electrons. The number of carbonyl (C=O) groups excluding carboxylic acids is 2. The van der Waals surface area contributed by atoms with Gasteiger partial charge in [-0.3, -0.25) is 9.59 Å². The van der Waals surface area contributed by atoms with Gasteiger partial charge in [0.15, 0.2) is 0 Å². The van der Waals surface area contributed by atoms with Crippen LogP contribution in [0.4, 0.5) is 0 Å². The van der Waals surface area contributed by atoms with Crippen LogP contribution in [0, 0.1) is 11.3 Å². The molecule has 3 atom stereocenters. The van der Waals surface area contributed by atoms with E-state index in [4.69, 9.17) is 11.0 Å². The van der Waals surface area contributed by atoms with Gasteiger partial charge < -0.3 is 15.5 Å². The highest BCUT2D eigenvalue weighted by Gasteiger charge is 2.32. The fourth-order valence-corrected chi connectivity index (χ4v) is 3.23. The van der Waals surface area contributed by atoms with E-state index < -0.39 is 6.04 Å². The molecule has 2 saturated heterocycles. The average molecular weight is 292 g/mol. The van der Waals surface area contributed by atoms with Crippen LogP contribution in [0.15, 0.2) is 0 Å². The lowest BCUT2D eigenvalue weighted by Crippen LogP contribution is -2.46. The Kier molecular flexibility index (Phi) is 5.18. The molecule has 2 aliphatic rings. The van der Waals surface area contributed by atoms with E-state index in [0.29, 0.717) is 25.4 Å². The number of amides is 2. The van der Waals surface area contributed by atoms with Crippen molar-refractivity contribution in [3.05, 3.63) is 0 Å². The predicted molar refractivity (Wildman–Crippen MR) is 78.0 cm³/mol. The summed E-state index contributed by atoms with van der Waals surface area (Å²) >= 11 is 0. The maximum absolute atomic E-state index is 12.2. The number of carbonyl (C=O) groups is 2. The summed E-state index contributed by atoms with van der Waals surface area (Å²) in [6.07, 6.45) is 4.34. The lowest BCUT2D eigenvalue weighted by atomic mass is 10.1. The van der Waals surface area contributed by atoms with Crippen molar-refractivity contribution in [3.8, 4) is 6.07 Å². The molecule has 0 radical (unpaired) electrons. The quantitative estimate of drug-likeness (QED) is 0.822. The Bertz CT molecular complexity index is 445. The molecule has 0 bridgehead atoms. The first kappa shape index (κ1) is 15.8. The first-order valence-corrected chi connectivity index (χ1v) is 7.79. The lowest BCUT2D eigenvalue weighted by molar-refractivity contribution is -0.134. The molecule has 2 N–H and O–H groups in total. The molecule has 2 amide bonds. The van der Waals surface area contributed by atoms with E-state index in [9.17, 15) is 9.59 Å². The van der Waals surface area contributed by atoms with Gasteiger partial charge in [0, 0.05) is 25.6 Å². The molecule has 21 heavy (non-hydrogen) atoms. The van der Waals surface area contributed by atoms with Gasteiger partial charge in [0.25, 0.3) is 0 Å². The Morgan fingerprint density at radius 2 is 1.95 bits per heavy atom. The maximum atomic E-state index is 12.2. The highest BCUT2D eigenvalue weighted by molar-refractivity contribution is 5.84. The SMILES string of the molecule is C[C@@H]1CCCN1C(=O)CCC(N)C(=O)N1CCC[C@H]1C#N. The highest BCUT2D eigenvalue weighted by atomic mass is 16.2. The Morgan fingerprint density at radius 3 is 2.57 bits per heavy atom. The molecule has 2 rings (SSSR count). The number of nitriles is 1. The van der Waals surface area contributed by atoms with Gasteiger partial charge in [0.05, 0.1) is 12.1 Å². The monoisotopic (exact) mass is 292 g/mol. The van der Waals surface area contributed by atoms with Gasteiger partial charge in [-0.15, -0.1) is 0 Å². The number of rotatable bonds is 4. The van der Waals surface area contributed by atoms with Crippen LogP contribution in [0.25, 0.3) is 0 Å². The summed E-state index contributed by atoms with van der Waals surface area (Å²) in [5, 5.41) is 9.01. The van der Waals surface area contributed by atoms with Crippen LogP contribution in [-0.4, -0.2) is 52.8 Å². The smallest absolute Gasteiger partial charge is 0.240 e. The second-order valence-electron chi connectivity index (χ2n) is 6.04. The molecule has 1 unspecified atom stereocenters. The number of nitrogens with zero attached hydrogens (tertiary/aromatic N) is 3. The molecule has 0 spiro atoms. The first-order chi connectivity index (χ1) is 10.0. The summed E-state index contributed by atoms with van der Waals surface area (Å²) in [7, 11) is 0. The zero-order valence-electron chi connectivity index (χ0n) is 12.6. The normalized spacial score (nSPS) is 26.7. The topological polar surface area (TPSA) is 90.4 Å². The summed E-state index contributed by atoms with van der Waals surface area (Å²) < 4.78 is 0. The lowest BCUT2D eigenvalue weighted by Gasteiger charge is -2.25. The Balaban J connectivity index is 1.81. The van der Waals surface area contributed by atoms with Gasteiger partial charge in [-0.05, 0) is 39.0 Å². The van der Waals surface area contributed by atoms with E-state index in [1.807, 2.05) is 4.90 Å². The van der Waals surface area contributed by atoms with Crippen LogP contribution >= 0.6 is 0 Å². The molecule has 0 saturated carbocycles. The molecule has 0 aromatic heterocycles. The van der Waals surface area contributed by atoms with E-state index in [2.05, 4.69) is 13.0 Å². The first-order valence-electron chi connectivity index (χ1n) is 7.79. The molecule has 0 aromatic carbocycles. The van der Waals surface area contributed by atoms with Crippen molar-refractivity contribution in [3.63, 3.8) is 0 Å². The Hall–Kier alpha value is -1.61. The second kappa shape index (κ2) is 6.90. The highest BCUT2D eigenvalue weighted by Crippen LogP contribution is 2.20. The Labute approximate surface area is 125 Å². The van der Waals surface area contributed by atoms with Crippen molar-refractivity contribution >= 4 is 11.8 Å². The van der Waals surface area contributed by atoms with Crippen molar-refractivity contribution in [2.45, 2.75) is 63.6 Å². The van der Waals surface area contributed by atoms with Crippen molar-refractivity contribution in [2.24, 2.45) is 5.73 Å². The van der Waals surface area contributed by atoms with Gasteiger partial charge in [0.2, 0.25) is 11.8 Å². The summed E-state index contributed by atoms with van der Waals surface area (Å²) in [5.41, 5.74) is 5.92. The van der Waals surface area contributed by atoms with Crippen LogP contribution in [0.2, 0.25) is 0 Å². The predicted octanol–water partition coefficient (Wildman–Crippen LogP) is 0.619. The Morgan fingerprint density at radius 1 is 1.29 bits per heavy atom. The maximum Gasteiger partial charge on any atom is 0.240 e. The number of nitrogens with two attached hydrogens (primary N) is 1. The average Bonchev–Trinajstić information content (AvgIpc) is 3.11. The van der Waals surface area contributed by atoms with Crippen LogP contribution < -0.4 is 5.73 Å². The second-order valence-corrected chi connectivity index (χ2v) is 6.04. The third-order valence-corrected chi connectivity index (χ3v) is 4.54. The van der Waals surface area contributed by atoms with Crippen molar-refractivity contribution in [1.29, 1.82) is 5.26 Å². The zero-order chi connectivity index (χ0) is 15.4. The van der Waals surface area contributed by atoms with Gasteiger partial charge in [-0.25, -0.2) is 0 Å². The third-order valence-electron chi connectivity index (χ3n) is 4.54. The summed E-state index contributed by atoms with van der Waals surface area (Å²) in [4.78, 5) is 27.8. The minimum absolute atomic E-state index is 0.0847. The molecule has 6 heteroatoms. The molecule has 0 aromatic rings. The van der Waals surface area contributed by atoms with Gasteiger partial charge >= 0.3 is 0 Å². The molecular weight excluding hydrogens is 268 g/mol. The van der Waals surface area contributed by atoms with E-state index in [0.717, 1.165) is 32.2 Å². The minimum atomic E-state index is -0.680.